The molecule has 0 saturated heterocycles. The van der Waals surface area contributed by atoms with Crippen molar-refractivity contribution in [2.45, 2.75) is 32.2 Å². The van der Waals surface area contributed by atoms with E-state index in [1.807, 2.05) is 18.2 Å². The highest BCUT2D eigenvalue weighted by molar-refractivity contribution is 5.77. The second kappa shape index (κ2) is 5.95. The second-order valence-electron chi connectivity index (χ2n) is 6.00. The molecule has 0 bridgehead atoms. The van der Waals surface area contributed by atoms with Crippen LogP contribution in [0.1, 0.15) is 31.5 Å². The van der Waals surface area contributed by atoms with E-state index >= 15 is 0 Å². The summed E-state index contributed by atoms with van der Waals surface area (Å²) in [6.45, 7) is 1.50. The zero-order valence-electron chi connectivity index (χ0n) is 12.1. The number of aliphatic hydroxyl groups is 1. The van der Waals surface area contributed by atoms with Gasteiger partial charge >= 0.3 is 0 Å². The fourth-order valence-corrected chi connectivity index (χ4v) is 3.18. The molecule has 1 aliphatic rings. The molecule has 5 heteroatoms. The van der Waals surface area contributed by atoms with Crippen LogP contribution in [0, 0.1) is 5.41 Å². The summed E-state index contributed by atoms with van der Waals surface area (Å²) in [5.41, 5.74) is 0.628. The monoisotopic (exact) mass is 287 g/mol. The van der Waals surface area contributed by atoms with E-state index in [1.54, 1.807) is 6.07 Å². The van der Waals surface area contributed by atoms with Gasteiger partial charge in [-0.3, -0.25) is 4.79 Å². The van der Waals surface area contributed by atoms with Gasteiger partial charge in [0.1, 0.15) is 5.82 Å². The Bertz CT molecular complexity index is 675. The summed E-state index contributed by atoms with van der Waals surface area (Å²) in [4.78, 5) is 19.3. The minimum atomic E-state index is -0.102. The molecule has 3 rings (SSSR count). The predicted molar refractivity (Wildman–Crippen MR) is 82.1 cm³/mol. The van der Waals surface area contributed by atoms with E-state index in [9.17, 15) is 9.90 Å². The molecule has 0 atom stereocenters. The standard InChI is InChI=1S/C16H21N3O2/c20-11-16(7-3-4-8-16)10-17-9-14-18-13-6-2-1-5-12(13)15(21)19-14/h1-2,5-6,17,20H,3-4,7-11H2,(H,18,19,21). The molecule has 1 heterocycles. The van der Waals surface area contributed by atoms with Crippen LogP contribution in [0.2, 0.25) is 0 Å². The highest BCUT2D eigenvalue weighted by Gasteiger charge is 2.32. The molecule has 1 aromatic carbocycles. The molecule has 0 spiro atoms. The fraction of sp³-hybridized carbons (Fsp3) is 0.500. The van der Waals surface area contributed by atoms with Crippen molar-refractivity contribution in [2.75, 3.05) is 13.2 Å². The van der Waals surface area contributed by atoms with Gasteiger partial charge in [0.05, 0.1) is 17.4 Å². The number of aromatic nitrogens is 2. The van der Waals surface area contributed by atoms with Gasteiger partial charge in [-0.2, -0.15) is 0 Å². The van der Waals surface area contributed by atoms with Crippen LogP contribution in [-0.2, 0) is 6.54 Å². The molecule has 1 fully saturated rings. The topological polar surface area (TPSA) is 78.0 Å². The normalized spacial score (nSPS) is 17.4. The van der Waals surface area contributed by atoms with Gasteiger partial charge in [-0.25, -0.2) is 4.98 Å². The Hall–Kier alpha value is -1.72. The summed E-state index contributed by atoms with van der Waals surface area (Å²) >= 11 is 0. The Morgan fingerprint density at radius 3 is 2.81 bits per heavy atom. The first kappa shape index (κ1) is 14.2. The Morgan fingerprint density at radius 1 is 1.29 bits per heavy atom. The first-order valence-corrected chi connectivity index (χ1v) is 7.52. The summed E-state index contributed by atoms with van der Waals surface area (Å²) < 4.78 is 0. The van der Waals surface area contributed by atoms with E-state index in [-0.39, 0.29) is 17.6 Å². The number of aromatic amines is 1. The molecule has 112 valence electrons. The van der Waals surface area contributed by atoms with E-state index < -0.39 is 0 Å². The quantitative estimate of drug-likeness (QED) is 0.780. The van der Waals surface area contributed by atoms with Crippen molar-refractivity contribution < 1.29 is 5.11 Å². The number of nitrogens with one attached hydrogen (secondary N) is 2. The Labute approximate surface area is 123 Å². The maximum atomic E-state index is 12.0. The first-order chi connectivity index (χ1) is 10.2. The van der Waals surface area contributed by atoms with Crippen LogP contribution in [0.5, 0.6) is 0 Å². The van der Waals surface area contributed by atoms with Crippen LogP contribution in [0.25, 0.3) is 10.9 Å². The zero-order valence-corrected chi connectivity index (χ0v) is 12.1. The molecular formula is C16H21N3O2. The molecular weight excluding hydrogens is 266 g/mol. The van der Waals surface area contributed by atoms with Crippen molar-refractivity contribution in [3.8, 4) is 0 Å². The van der Waals surface area contributed by atoms with Gasteiger partial charge in [-0.1, -0.05) is 25.0 Å². The van der Waals surface area contributed by atoms with Crippen molar-refractivity contribution in [1.29, 1.82) is 0 Å². The predicted octanol–water partition coefficient (Wildman–Crippen LogP) is 1.57. The Kier molecular flexibility index (Phi) is 4.03. The van der Waals surface area contributed by atoms with E-state index in [4.69, 9.17) is 0 Å². The maximum absolute atomic E-state index is 12.0. The number of para-hydroxylation sites is 1. The number of aliphatic hydroxyl groups excluding tert-OH is 1. The molecule has 2 aromatic rings. The third kappa shape index (κ3) is 2.99. The molecule has 0 radical (unpaired) electrons. The van der Waals surface area contributed by atoms with Gasteiger partial charge < -0.3 is 15.4 Å². The summed E-state index contributed by atoms with van der Waals surface area (Å²) in [6.07, 6.45) is 4.51. The first-order valence-electron chi connectivity index (χ1n) is 7.52. The molecule has 0 aliphatic heterocycles. The molecule has 0 unspecified atom stereocenters. The number of benzene rings is 1. The fourth-order valence-electron chi connectivity index (χ4n) is 3.18. The maximum Gasteiger partial charge on any atom is 0.258 e. The van der Waals surface area contributed by atoms with Gasteiger partial charge in [0.25, 0.3) is 5.56 Å². The average molecular weight is 287 g/mol. The van der Waals surface area contributed by atoms with Crippen molar-refractivity contribution in [3.05, 3.63) is 40.4 Å². The van der Waals surface area contributed by atoms with Gasteiger partial charge in [-0.15, -0.1) is 0 Å². The van der Waals surface area contributed by atoms with Crippen molar-refractivity contribution >= 4 is 10.9 Å². The van der Waals surface area contributed by atoms with E-state index in [0.29, 0.717) is 17.8 Å². The lowest BCUT2D eigenvalue weighted by Crippen LogP contribution is -2.35. The van der Waals surface area contributed by atoms with Crippen LogP contribution >= 0.6 is 0 Å². The lowest BCUT2D eigenvalue weighted by Gasteiger charge is -2.26. The molecule has 5 nitrogen and oxygen atoms in total. The lowest BCUT2D eigenvalue weighted by molar-refractivity contribution is 0.128. The third-order valence-electron chi connectivity index (χ3n) is 4.45. The average Bonchev–Trinajstić information content (AvgIpc) is 2.97. The van der Waals surface area contributed by atoms with Gasteiger partial charge in [0, 0.05) is 18.6 Å². The number of nitrogens with zero attached hydrogens (tertiary/aromatic N) is 1. The van der Waals surface area contributed by atoms with E-state index in [1.165, 1.54) is 12.8 Å². The Morgan fingerprint density at radius 2 is 2.05 bits per heavy atom. The van der Waals surface area contributed by atoms with Crippen LogP contribution in [0.15, 0.2) is 29.1 Å². The van der Waals surface area contributed by atoms with Crippen LogP contribution in [-0.4, -0.2) is 28.2 Å². The van der Waals surface area contributed by atoms with Gasteiger partial charge in [0.15, 0.2) is 0 Å². The molecule has 21 heavy (non-hydrogen) atoms. The minimum absolute atomic E-state index is 0.0111. The Balaban J connectivity index is 1.69. The van der Waals surface area contributed by atoms with Crippen LogP contribution < -0.4 is 10.9 Å². The summed E-state index contributed by atoms with van der Waals surface area (Å²) in [7, 11) is 0. The van der Waals surface area contributed by atoms with Crippen molar-refractivity contribution in [3.63, 3.8) is 0 Å². The summed E-state index contributed by atoms with van der Waals surface area (Å²) in [5, 5.41) is 13.5. The molecule has 1 saturated carbocycles. The molecule has 0 amide bonds. The van der Waals surface area contributed by atoms with Gasteiger partial charge in [-0.05, 0) is 25.0 Å². The summed E-state index contributed by atoms with van der Waals surface area (Å²) in [6, 6.07) is 7.34. The van der Waals surface area contributed by atoms with E-state index in [0.717, 1.165) is 24.9 Å². The van der Waals surface area contributed by atoms with Crippen LogP contribution in [0.4, 0.5) is 0 Å². The number of hydrogen-bond acceptors (Lipinski definition) is 4. The lowest BCUT2D eigenvalue weighted by atomic mass is 9.87. The van der Waals surface area contributed by atoms with Gasteiger partial charge in [0.2, 0.25) is 0 Å². The van der Waals surface area contributed by atoms with Crippen LogP contribution in [0.3, 0.4) is 0 Å². The van der Waals surface area contributed by atoms with E-state index in [2.05, 4.69) is 15.3 Å². The van der Waals surface area contributed by atoms with Crippen molar-refractivity contribution in [2.24, 2.45) is 5.41 Å². The smallest absolute Gasteiger partial charge is 0.258 e. The third-order valence-corrected chi connectivity index (χ3v) is 4.45. The molecule has 1 aromatic heterocycles. The molecule has 1 aliphatic carbocycles. The number of hydrogen-bond donors (Lipinski definition) is 3. The summed E-state index contributed by atoms with van der Waals surface area (Å²) in [5.74, 6) is 0.643. The minimum Gasteiger partial charge on any atom is -0.396 e. The largest absolute Gasteiger partial charge is 0.396 e. The SMILES string of the molecule is O=c1[nH]c(CNCC2(CO)CCCC2)nc2ccccc12. The zero-order chi connectivity index (χ0) is 14.7. The number of fused-ring (bicyclic) bond motifs is 1. The highest BCUT2D eigenvalue weighted by Crippen LogP contribution is 2.36. The number of H-pyrrole nitrogens is 1. The molecule has 3 N–H and O–H groups in total. The highest BCUT2D eigenvalue weighted by atomic mass is 16.3. The number of rotatable bonds is 5. The van der Waals surface area contributed by atoms with Crippen molar-refractivity contribution in [1.82, 2.24) is 15.3 Å². The second-order valence-corrected chi connectivity index (χ2v) is 6.00.